The molecule has 3 heteroatoms. The van der Waals surface area contributed by atoms with Crippen molar-refractivity contribution < 1.29 is 8.83 Å². The van der Waals surface area contributed by atoms with Gasteiger partial charge >= 0.3 is 0 Å². The molecule has 2 aromatic heterocycles. The molecule has 0 saturated heterocycles. The van der Waals surface area contributed by atoms with Crippen LogP contribution in [0.1, 0.15) is 17.7 Å². The second kappa shape index (κ2) is 14.4. The van der Waals surface area contributed by atoms with Crippen LogP contribution in [-0.2, 0) is 6.42 Å². The molecule has 0 aliphatic heterocycles. The minimum atomic E-state index is 0.899. The lowest BCUT2D eigenvalue weighted by Crippen LogP contribution is -2.09. The highest BCUT2D eigenvalue weighted by Gasteiger charge is 2.18. The molecule has 1 aliphatic carbocycles. The first-order chi connectivity index (χ1) is 30.2. The second-order valence-electron chi connectivity index (χ2n) is 16.0. The second-order valence-corrected chi connectivity index (χ2v) is 16.0. The number of nitrogens with zero attached hydrogens (tertiary/aromatic N) is 1. The van der Waals surface area contributed by atoms with Gasteiger partial charge in [0.15, 0.2) is 0 Å². The van der Waals surface area contributed by atoms with Gasteiger partial charge in [-0.1, -0.05) is 121 Å². The van der Waals surface area contributed by atoms with E-state index in [1.54, 1.807) is 0 Å². The zero-order valence-corrected chi connectivity index (χ0v) is 33.4. The van der Waals surface area contributed by atoms with Crippen LogP contribution in [0.3, 0.4) is 0 Å². The molecule has 0 spiro atoms. The standard InChI is InChI=1S/C58H39NO2/c1-2-12-48(13-3-1)59(50-29-24-38-10-4-5-11-42(38)35-50)49-27-22-40(23-28-49)39-18-20-41(21-19-39)45-32-46(43-25-30-57-53(36-43)51-14-6-8-16-55(51)60-57)34-47(33-45)44-26-31-58-54(37-44)52-15-7-9-17-56(52)61-58/h1-6,8-14,16-37H,7,15H2. The highest BCUT2D eigenvalue weighted by molar-refractivity contribution is 6.06. The van der Waals surface area contributed by atoms with Gasteiger partial charge in [0.1, 0.15) is 22.5 Å². The monoisotopic (exact) mass is 781 g/mol. The number of fused-ring (bicyclic) bond motifs is 7. The van der Waals surface area contributed by atoms with Crippen LogP contribution in [0.4, 0.5) is 17.1 Å². The van der Waals surface area contributed by atoms with E-state index in [9.17, 15) is 0 Å². The van der Waals surface area contributed by atoms with E-state index >= 15 is 0 Å². The zero-order chi connectivity index (χ0) is 40.3. The number of allylic oxidation sites excluding steroid dienone is 1. The number of rotatable bonds is 7. The largest absolute Gasteiger partial charge is 0.456 e. The molecule has 9 aromatic carbocycles. The van der Waals surface area contributed by atoms with Crippen molar-refractivity contribution in [2.45, 2.75) is 12.8 Å². The van der Waals surface area contributed by atoms with Gasteiger partial charge in [0, 0.05) is 38.8 Å². The predicted octanol–water partition coefficient (Wildman–Crippen LogP) is 16.6. The van der Waals surface area contributed by atoms with Crippen LogP contribution in [0.15, 0.2) is 215 Å². The molecule has 12 rings (SSSR count). The van der Waals surface area contributed by atoms with Crippen molar-refractivity contribution in [3.63, 3.8) is 0 Å². The fourth-order valence-electron chi connectivity index (χ4n) is 9.19. The summed E-state index contributed by atoms with van der Waals surface area (Å²) < 4.78 is 12.5. The van der Waals surface area contributed by atoms with E-state index in [4.69, 9.17) is 8.83 Å². The van der Waals surface area contributed by atoms with Gasteiger partial charge in [0.2, 0.25) is 0 Å². The molecule has 0 atom stereocenters. The first-order valence-corrected chi connectivity index (χ1v) is 21.0. The summed E-state index contributed by atoms with van der Waals surface area (Å²) in [6.45, 7) is 0. The molecule has 0 saturated carbocycles. The Morgan fingerprint density at radius 2 is 0.885 bits per heavy atom. The molecule has 2 heterocycles. The highest BCUT2D eigenvalue weighted by Crippen LogP contribution is 2.41. The lowest BCUT2D eigenvalue weighted by molar-refractivity contribution is 0.595. The van der Waals surface area contributed by atoms with Crippen LogP contribution in [-0.4, -0.2) is 0 Å². The Labute approximate surface area is 354 Å². The van der Waals surface area contributed by atoms with E-state index in [0.717, 1.165) is 85.4 Å². The van der Waals surface area contributed by atoms with Crippen molar-refractivity contribution in [1.82, 2.24) is 0 Å². The molecular formula is C58H39NO2. The maximum absolute atomic E-state index is 6.26. The van der Waals surface area contributed by atoms with Gasteiger partial charge in [-0.3, -0.25) is 0 Å². The molecule has 0 unspecified atom stereocenters. The van der Waals surface area contributed by atoms with Gasteiger partial charge in [0.25, 0.3) is 0 Å². The quantitative estimate of drug-likeness (QED) is 0.161. The SMILES string of the molecule is C1=Cc2oc3ccc(-c4cc(-c5ccc(-c6ccc(N(c7ccccc7)c7ccc8ccccc8c7)cc6)cc5)cc(-c5ccc6oc7ccccc7c6c5)c4)cc3c2CC1. The van der Waals surface area contributed by atoms with Crippen molar-refractivity contribution >= 4 is 66.8 Å². The first kappa shape index (κ1) is 35.1. The van der Waals surface area contributed by atoms with Crippen molar-refractivity contribution in [3.05, 3.63) is 218 Å². The summed E-state index contributed by atoms with van der Waals surface area (Å²) >= 11 is 0. The van der Waals surface area contributed by atoms with Crippen LogP contribution >= 0.6 is 0 Å². The first-order valence-electron chi connectivity index (χ1n) is 21.0. The minimum Gasteiger partial charge on any atom is -0.456 e. The van der Waals surface area contributed by atoms with Crippen molar-refractivity contribution in [2.75, 3.05) is 4.90 Å². The number of furan rings is 2. The summed E-state index contributed by atoms with van der Waals surface area (Å²) in [7, 11) is 0. The normalized spacial score (nSPS) is 12.4. The number of benzene rings is 9. The third-order valence-electron chi connectivity index (χ3n) is 12.3. The molecular weight excluding hydrogens is 743 g/mol. The summed E-state index contributed by atoms with van der Waals surface area (Å²) in [6, 6.07) is 72.2. The lowest BCUT2D eigenvalue weighted by Gasteiger charge is -2.26. The Morgan fingerprint density at radius 1 is 0.344 bits per heavy atom. The zero-order valence-electron chi connectivity index (χ0n) is 33.4. The van der Waals surface area contributed by atoms with Gasteiger partial charge in [-0.15, -0.1) is 0 Å². The predicted molar refractivity (Wildman–Crippen MR) is 255 cm³/mol. The minimum absolute atomic E-state index is 0.899. The molecule has 0 bridgehead atoms. The van der Waals surface area contributed by atoms with E-state index < -0.39 is 0 Å². The average molecular weight is 782 g/mol. The summed E-state index contributed by atoms with van der Waals surface area (Å²) in [6.07, 6.45) is 6.36. The lowest BCUT2D eigenvalue weighted by atomic mass is 9.91. The molecule has 1 aliphatic rings. The smallest absolute Gasteiger partial charge is 0.135 e. The van der Waals surface area contributed by atoms with E-state index in [1.807, 2.05) is 12.1 Å². The maximum Gasteiger partial charge on any atom is 0.135 e. The Bertz CT molecular complexity index is 3460. The molecule has 0 N–H and O–H groups in total. The van der Waals surface area contributed by atoms with E-state index in [-0.39, 0.29) is 0 Å². The van der Waals surface area contributed by atoms with E-state index in [2.05, 4.69) is 205 Å². The van der Waals surface area contributed by atoms with Gasteiger partial charge < -0.3 is 13.7 Å². The molecule has 0 amide bonds. The third kappa shape index (κ3) is 6.30. The topological polar surface area (TPSA) is 29.5 Å². The highest BCUT2D eigenvalue weighted by atomic mass is 16.3. The number of anilines is 3. The number of para-hydroxylation sites is 2. The summed E-state index contributed by atoms with van der Waals surface area (Å²) in [5, 5.41) is 5.91. The van der Waals surface area contributed by atoms with Crippen LogP contribution in [0.25, 0.3) is 94.3 Å². The fourth-order valence-corrected chi connectivity index (χ4v) is 9.19. The van der Waals surface area contributed by atoms with Gasteiger partial charge in [-0.2, -0.15) is 0 Å². The van der Waals surface area contributed by atoms with Crippen molar-refractivity contribution in [3.8, 4) is 44.5 Å². The van der Waals surface area contributed by atoms with Gasteiger partial charge in [-0.25, -0.2) is 0 Å². The van der Waals surface area contributed by atoms with E-state index in [1.165, 1.54) is 44.0 Å². The Balaban J connectivity index is 0.917. The summed E-state index contributed by atoms with van der Waals surface area (Å²) in [4.78, 5) is 2.33. The van der Waals surface area contributed by atoms with Crippen molar-refractivity contribution in [2.24, 2.45) is 0 Å². The Morgan fingerprint density at radius 3 is 1.64 bits per heavy atom. The van der Waals surface area contributed by atoms with Gasteiger partial charge in [-0.05, 0) is 159 Å². The molecule has 61 heavy (non-hydrogen) atoms. The van der Waals surface area contributed by atoms with Crippen molar-refractivity contribution in [1.29, 1.82) is 0 Å². The maximum atomic E-state index is 6.26. The molecule has 3 nitrogen and oxygen atoms in total. The molecule has 0 radical (unpaired) electrons. The molecule has 11 aromatic rings. The average Bonchev–Trinajstić information content (AvgIpc) is 3.90. The summed E-state index contributed by atoms with van der Waals surface area (Å²) in [5.74, 6) is 0.988. The number of hydrogen-bond acceptors (Lipinski definition) is 3. The number of aryl methyl sites for hydroxylation is 1. The summed E-state index contributed by atoms with van der Waals surface area (Å²) in [5.41, 5.74) is 16.7. The Hall–Kier alpha value is -7.88. The molecule has 288 valence electrons. The number of hydrogen-bond donors (Lipinski definition) is 0. The van der Waals surface area contributed by atoms with Crippen LogP contribution in [0, 0.1) is 0 Å². The van der Waals surface area contributed by atoms with Crippen LogP contribution < -0.4 is 4.90 Å². The third-order valence-corrected chi connectivity index (χ3v) is 12.3. The van der Waals surface area contributed by atoms with E-state index in [0.29, 0.717) is 0 Å². The fraction of sp³-hybridized carbons (Fsp3) is 0.0345. The van der Waals surface area contributed by atoms with Gasteiger partial charge in [0.05, 0.1) is 0 Å². The van der Waals surface area contributed by atoms with Crippen LogP contribution in [0.5, 0.6) is 0 Å². The Kier molecular flexibility index (Phi) is 8.31. The molecule has 0 fully saturated rings. The van der Waals surface area contributed by atoms with Crippen LogP contribution in [0.2, 0.25) is 0 Å².